The summed E-state index contributed by atoms with van der Waals surface area (Å²) >= 11 is 0. The first-order valence-corrected chi connectivity index (χ1v) is 12.9. The van der Waals surface area contributed by atoms with Gasteiger partial charge in [-0.05, 0) is 71.3 Å². The lowest BCUT2D eigenvalue weighted by atomic mass is 9.94. The lowest BCUT2D eigenvalue weighted by Crippen LogP contribution is -2.48. The first-order valence-electron chi connectivity index (χ1n) is 11.5. The van der Waals surface area contributed by atoms with Crippen molar-refractivity contribution in [3.8, 4) is 0 Å². The molecule has 1 aliphatic rings. The summed E-state index contributed by atoms with van der Waals surface area (Å²) < 4.78 is 27.3. The predicted molar refractivity (Wildman–Crippen MR) is 127 cm³/mol. The number of carbonyl (C=O) groups is 2. The van der Waals surface area contributed by atoms with Gasteiger partial charge in [-0.2, -0.15) is 4.31 Å². The summed E-state index contributed by atoms with van der Waals surface area (Å²) in [5, 5.41) is 5.83. The van der Waals surface area contributed by atoms with Gasteiger partial charge in [0.15, 0.2) is 0 Å². The number of anilines is 1. The monoisotopic (exact) mass is 466 g/mol. The van der Waals surface area contributed by atoms with Gasteiger partial charge in [0.2, 0.25) is 21.8 Å². The van der Waals surface area contributed by atoms with Crippen molar-refractivity contribution in [3.63, 3.8) is 0 Å². The van der Waals surface area contributed by atoms with Crippen molar-refractivity contribution >= 4 is 27.5 Å². The Bertz CT molecular complexity index is 905. The van der Waals surface area contributed by atoms with E-state index in [-0.39, 0.29) is 34.7 Å². The largest absolute Gasteiger partial charge is 0.354 e. The van der Waals surface area contributed by atoms with Crippen molar-refractivity contribution in [1.82, 2.24) is 14.5 Å². The second-order valence-electron chi connectivity index (χ2n) is 8.71. The molecule has 2 N–H and O–H groups in total. The molecule has 1 aliphatic heterocycles. The van der Waals surface area contributed by atoms with Crippen LogP contribution in [0.4, 0.5) is 5.69 Å². The molecule has 2 rings (SSSR count). The highest BCUT2D eigenvalue weighted by Gasteiger charge is 2.30. The highest BCUT2D eigenvalue weighted by Crippen LogP contribution is 2.25. The summed E-state index contributed by atoms with van der Waals surface area (Å²) in [6.07, 6.45) is 1.43. The minimum Gasteiger partial charge on any atom is -0.354 e. The Hall–Kier alpha value is -1.97. The van der Waals surface area contributed by atoms with Crippen LogP contribution in [0.5, 0.6) is 0 Å². The van der Waals surface area contributed by atoms with Gasteiger partial charge in [0.1, 0.15) is 0 Å². The minimum absolute atomic E-state index is 0.0196. The number of amides is 2. The molecule has 2 amide bonds. The third kappa shape index (κ3) is 6.30. The molecule has 1 fully saturated rings. The molecule has 1 aromatic carbocycles. The molecule has 1 aromatic rings. The van der Waals surface area contributed by atoms with E-state index in [0.29, 0.717) is 50.3 Å². The van der Waals surface area contributed by atoms with Crippen molar-refractivity contribution in [1.29, 1.82) is 0 Å². The first-order chi connectivity index (χ1) is 15.0. The van der Waals surface area contributed by atoms with E-state index in [9.17, 15) is 18.0 Å². The smallest absolute Gasteiger partial charge is 0.243 e. The molecule has 9 heteroatoms. The number of hydrogen-bond acceptors (Lipinski definition) is 5. The maximum Gasteiger partial charge on any atom is 0.243 e. The summed E-state index contributed by atoms with van der Waals surface area (Å²) in [6.45, 7) is 13.2. The zero-order chi connectivity index (χ0) is 24.1. The molecule has 0 saturated carbocycles. The number of aryl methyl sites for hydroxylation is 1. The molecule has 0 bridgehead atoms. The Morgan fingerprint density at radius 1 is 1.12 bits per heavy atom. The maximum atomic E-state index is 13.0. The molecular formula is C23H38N4O4S. The Kier molecular flexibility index (Phi) is 9.24. The fraction of sp³-hybridized carbons (Fsp3) is 0.652. The van der Waals surface area contributed by atoms with Gasteiger partial charge in [-0.25, -0.2) is 8.42 Å². The second kappa shape index (κ2) is 11.2. The molecule has 180 valence electrons. The minimum atomic E-state index is -3.62. The van der Waals surface area contributed by atoms with Crippen LogP contribution < -0.4 is 10.6 Å². The van der Waals surface area contributed by atoms with Crippen molar-refractivity contribution < 1.29 is 18.0 Å². The first kappa shape index (κ1) is 26.3. The van der Waals surface area contributed by atoms with Crippen molar-refractivity contribution in [2.24, 2.45) is 5.92 Å². The van der Waals surface area contributed by atoms with E-state index < -0.39 is 10.0 Å². The van der Waals surface area contributed by atoms with Crippen molar-refractivity contribution in [2.45, 2.75) is 71.4 Å². The van der Waals surface area contributed by atoms with Gasteiger partial charge < -0.3 is 10.6 Å². The molecule has 32 heavy (non-hydrogen) atoms. The molecule has 1 atom stereocenters. The van der Waals surface area contributed by atoms with E-state index in [1.54, 1.807) is 32.9 Å². The molecular weight excluding hydrogens is 428 g/mol. The van der Waals surface area contributed by atoms with Crippen LogP contribution in [-0.2, 0) is 19.6 Å². The number of piperidine rings is 1. The normalized spacial score (nSPS) is 16.9. The van der Waals surface area contributed by atoms with Crippen LogP contribution in [0.2, 0.25) is 0 Å². The van der Waals surface area contributed by atoms with E-state index >= 15 is 0 Å². The number of hydrogen-bond donors (Lipinski definition) is 2. The highest BCUT2D eigenvalue weighted by molar-refractivity contribution is 7.89. The fourth-order valence-electron chi connectivity index (χ4n) is 4.02. The molecule has 1 heterocycles. The molecule has 0 spiro atoms. The molecule has 1 unspecified atom stereocenters. The van der Waals surface area contributed by atoms with Gasteiger partial charge >= 0.3 is 0 Å². The third-order valence-electron chi connectivity index (χ3n) is 6.04. The number of likely N-dealkylation sites (tertiary alicyclic amines) is 1. The topological polar surface area (TPSA) is 98.8 Å². The molecule has 8 nitrogen and oxygen atoms in total. The van der Waals surface area contributed by atoms with Crippen LogP contribution in [0, 0.1) is 12.8 Å². The van der Waals surface area contributed by atoms with Crippen molar-refractivity contribution in [2.75, 3.05) is 31.5 Å². The standard InChI is InChI=1S/C23H38N4O4S/c1-7-27(8-2)32(30,31)21-15-20(10-9-17(21)5)25-22(28)18(6)26-13-11-19(12-14-26)23(29)24-16(3)4/h9-10,15-16,18-19H,7-8,11-14H2,1-6H3,(H,24,29)(H,25,28). The number of rotatable bonds is 9. The number of nitrogens with one attached hydrogen (secondary N) is 2. The van der Waals surface area contributed by atoms with Crippen LogP contribution in [0.15, 0.2) is 23.1 Å². The lowest BCUT2D eigenvalue weighted by molar-refractivity contribution is -0.127. The van der Waals surface area contributed by atoms with Crippen molar-refractivity contribution in [3.05, 3.63) is 23.8 Å². The zero-order valence-corrected chi connectivity index (χ0v) is 21.0. The third-order valence-corrected chi connectivity index (χ3v) is 8.23. The second-order valence-corrected chi connectivity index (χ2v) is 10.6. The van der Waals surface area contributed by atoms with Gasteiger partial charge in [-0.3, -0.25) is 14.5 Å². The van der Waals surface area contributed by atoms with Crippen LogP contribution in [0.3, 0.4) is 0 Å². The molecule has 0 aromatic heterocycles. The van der Waals surface area contributed by atoms with Crippen LogP contribution in [0.25, 0.3) is 0 Å². The van der Waals surface area contributed by atoms with E-state index in [0.717, 1.165) is 0 Å². The van der Waals surface area contributed by atoms with E-state index in [4.69, 9.17) is 0 Å². The Morgan fingerprint density at radius 3 is 2.25 bits per heavy atom. The average molecular weight is 467 g/mol. The van der Waals surface area contributed by atoms with Gasteiger partial charge in [0.25, 0.3) is 0 Å². The van der Waals surface area contributed by atoms with Gasteiger partial charge in [0.05, 0.1) is 10.9 Å². The Labute approximate surface area is 192 Å². The Balaban J connectivity index is 2.05. The summed E-state index contributed by atoms with van der Waals surface area (Å²) in [5.41, 5.74) is 1.11. The van der Waals surface area contributed by atoms with E-state index in [1.165, 1.54) is 10.4 Å². The number of benzene rings is 1. The summed E-state index contributed by atoms with van der Waals surface area (Å²) in [5.74, 6) is -0.127. The van der Waals surface area contributed by atoms with Crippen LogP contribution >= 0.6 is 0 Å². The average Bonchev–Trinajstić information content (AvgIpc) is 2.74. The SMILES string of the molecule is CCN(CC)S(=O)(=O)c1cc(NC(=O)C(C)N2CCC(C(=O)NC(C)C)CC2)ccc1C. The highest BCUT2D eigenvalue weighted by atomic mass is 32.2. The number of nitrogens with zero attached hydrogens (tertiary/aromatic N) is 2. The quantitative estimate of drug-likeness (QED) is 0.583. The van der Waals surface area contributed by atoms with E-state index in [1.807, 2.05) is 20.8 Å². The fourth-order valence-corrected chi connectivity index (χ4v) is 5.73. The van der Waals surface area contributed by atoms with Gasteiger partial charge in [-0.1, -0.05) is 19.9 Å². The van der Waals surface area contributed by atoms with Gasteiger partial charge in [-0.15, -0.1) is 0 Å². The number of sulfonamides is 1. The van der Waals surface area contributed by atoms with E-state index in [2.05, 4.69) is 15.5 Å². The summed E-state index contributed by atoms with van der Waals surface area (Å²) in [6, 6.07) is 4.72. The Morgan fingerprint density at radius 2 is 1.72 bits per heavy atom. The summed E-state index contributed by atoms with van der Waals surface area (Å²) in [4.78, 5) is 27.4. The number of carbonyl (C=O) groups excluding carboxylic acids is 2. The molecule has 1 saturated heterocycles. The van der Waals surface area contributed by atoms with Crippen LogP contribution in [0.1, 0.15) is 53.0 Å². The lowest BCUT2D eigenvalue weighted by Gasteiger charge is -2.35. The molecule has 0 radical (unpaired) electrons. The predicted octanol–water partition coefficient (Wildman–Crippen LogP) is 2.59. The maximum absolute atomic E-state index is 13.0. The van der Waals surface area contributed by atoms with Crippen LogP contribution in [-0.4, -0.2) is 67.7 Å². The van der Waals surface area contributed by atoms with Gasteiger partial charge in [0, 0.05) is 30.7 Å². The zero-order valence-electron chi connectivity index (χ0n) is 20.1. The molecule has 0 aliphatic carbocycles. The summed E-state index contributed by atoms with van der Waals surface area (Å²) in [7, 11) is -3.62.